The van der Waals surface area contributed by atoms with E-state index in [4.69, 9.17) is 4.74 Å². The zero-order chi connectivity index (χ0) is 19.3. The normalized spacial score (nSPS) is 18.3. The largest absolute Gasteiger partial charge is 0.480 e. The van der Waals surface area contributed by atoms with Gasteiger partial charge < -0.3 is 20.1 Å². The second-order valence-corrected chi connectivity index (χ2v) is 7.25. The third-order valence-corrected chi connectivity index (χ3v) is 3.95. The lowest BCUT2D eigenvalue weighted by molar-refractivity contribution is -0.149. The van der Waals surface area contributed by atoms with E-state index in [1.54, 1.807) is 45.2 Å². The Morgan fingerprint density at radius 3 is 2.69 bits per heavy atom. The van der Waals surface area contributed by atoms with Gasteiger partial charge in [0.25, 0.3) is 0 Å². The number of hydrogen-bond acceptors (Lipinski definition) is 5. The Balaban J connectivity index is 2.17. The number of rotatable bonds is 5. The van der Waals surface area contributed by atoms with Crippen LogP contribution in [0.2, 0.25) is 0 Å². The molecule has 0 aromatic carbocycles. The molecule has 0 bridgehead atoms. The number of carboxylic acids is 1. The van der Waals surface area contributed by atoms with Crippen molar-refractivity contribution in [1.29, 1.82) is 0 Å². The Labute approximate surface area is 152 Å². The van der Waals surface area contributed by atoms with E-state index in [0.29, 0.717) is 25.1 Å². The molecule has 1 unspecified atom stereocenters. The Bertz CT molecular complexity index is 657. The van der Waals surface area contributed by atoms with Crippen molar-refractivity contribution in [3.05, 3.63) is 30.1 Å². The summed E-state index contributed by atoms with van der Waals surface area (Å²) < 4.78 is 5.24. The van der Waals surface area contributed by atoms with Gasteiger partial charge in [0.05, 0.1) is 0 Å². The molecule has 2 amide bonds. The zero-order valence-corrected chi connectivity index (χ0v) is 15.3. The summed E-state index contributed by atoms with van der Waals surface area (Å²) in [6, 6.07) is 3.47. The molecule has 1 aliphatic rings. The van der Waals surface area contributed by atoms with Gasteiger partial charge in [-0.05, 0) is 45.7 Å². The van der Waals surface area contributed by atoms with Crippen LogP contribution in [0.25, 0.3) is 0 Å². The van der Waals surface area contributed by atoms with Crippen molar-refractivity contribution in [3.63, 3.8) is 0 Å². The molecule has 2 rings (SSSR count). The van der Waals surface area contributed by atoms with Gasteiger partial charge in [-0.3, -0.25) is 9.78 Å². The van der Waals surface area contributed by atoms with E-state index >= 15 is 0 Å². The van der Waals surface area contributed by atoms with Crippen molar-refractivity contribution in [2.24, 2.45) is 0 Å². The number of aromatic nitrogens is 1. The summed E-state index contributed by atoms with van der Waals surface area (Å²) >= 11 is 0. The molecular weight excluding hydrogens is 338 g/mol. The van der Waals surface area contributed by atoms with Crippen molar-refractivity contribution in [2.45, 2.75) is 57.7 Å². The first-order valence-electron chi connectivity index (χ1n) is 8.60. The summed E-state index contributed by atoms with van der Waals surface area (Å²) in [6.45, 7) is 5.53. The molecule has 26 heavy (non-hydrogen) atoms. The van der Waals surface area contributed by atoms with Crippen LogP contribution in [-0.4, -0.2) is 57.2 Å². The van der Waals surface area contributed by atoms with Crippen LogP contribution in [0.15, 0.2) is 24.4 Å². The monoisotopic (exact) mass is 363 g/mol. The van der Waals surface area contributed by atoms with Crippen molar-refractivity contribution < 1.29 is 24.2 Å². The molecular formula is C18H25N3O5. The lowest BCUT2D eigenvalue weighted by Gasteiger charge is -2.28. The van der Waals surface area contributed by atoms with Gasteiger partial charge in [-0.1, -0.05) is 6.07 Å². The molecule has 0 radical (unpaired) electrons. The minimum atomic E-state index is -1.04. The Hall–Kier alpha value is -2.64. The van der Waals surface area contributed by atoms with Crippen LogP contribution < -0.4 is 5.32 Å². The van der Waals surface area contributed by atoms with Gasteiger partial charge >= 0.3 is 12.1 Å². The average molecular weight is 363 g/mol. The molecule has 0 spiro atoms. The fourth-order valence-corrected chi connectivity index (χ4v) is 2.87. The van der Waals surface area contributed by atoms with Gasteiger partial charge in [-0.15, -0.1) is 0 Å². The predicted octanol–water partition coefficient (Wildman–Crippen LogP) is 1.59. The van der Waals surface area contributed by atoms with Gasteiger partial charge in [-0.25, -0.2) is 9.59 Å². The van der Waals surface area contributed by atoms with Crippen LogP contribution in [0.3, 0.4) is 0 Å². The molecule has 1 aliphatic heterocycles. The molecule has 0 saturated carbocycles. The second kappa shape index (κ2) is 8.16. The minimum Gasteiger partial charge on any atom is -0.480 e. The van der Waals surface area contributed by atoms with E-state index in [-0.39, 0.29) is 6.42 Å². The summed E-state index contributed by atoms with van der Waals surface area (Å²) in [6.07, 6.45) is 2.05. The molecule has 0 aliphatic carbocycles. The smallest absolute Gasteiger partial charge is 0.408 e. The number of carbonyl (C=O) groups excluding carboxylic acids is 2. The van der Waals surface area contributed by atoms with E-state index in [0.717, 1.165) is 0 Å². The van der Waals surface area contributed by atoms with Gasteiger partial charge in [0.1, 0.15) is 17.7 Å². The lowest BCUT2D eigenvalue weighted by Crippen LogP contribution is -2.53. The van der Waals surface area contributed by atoms with Crippen LogP contribution in [0.5, 0.6) is 0 Å². The minimum absolute atomic E-state index is 0.155. The van der Waals surface area contributed by atoms with Crippen LogP contribution in [0.4, 0.5) is 4.79 Å². The number of ether oxygens (including phenoxy) is 1. The highest BCUT2D eigenvalue weighted by atomic mass is 16.6. The SMILES string of the molecule is CC(C)(C)OC(=O)NC(Cc1ccccn1)C(=O)N1CCC[C@H]1C(=O)O. The highest BCUT2D eigenvalue weighted by Crippen LogP contribution is 2.19. The molecule has 2 atom stereocenters. The average Bonchev–Trinajstić information content (AvgIpc) is 3.02. The van der Waals surface area contributed by atoms with Gasteiger partial charge in [0.2, 0.25) is 5.91 Å². The first-order valence-corrected chi connectivity index (χ1v) is 8.60. The van der Waals surface area contributed by atoms with Crippen LogP contribution >= 0.6 is 0 Å². The van der Waals surface area contributed by atoms with Crippen molar-refractivity contribution in [3.8, 4) is 0 Å². The molecule has 1 fully saturated rings. The molecule has 142 valence electrons. The number of nitrogens with zero attached hydrogens (tertiary/aromatic N) is 2. The van der Waals surface area contributed by atoms with E-state index < -0.39 is 35.7 Å². The molecule has 8 nitrogen and oxygen atoms in total. The number of carbonyl (C=O) groups is 3. The van der Waals surface area contributed by atoms with Gasteiger partial charge in [-0.2, -0.15) is 0 Å². The molecule has 1 aromatic heterocycles. The first-order chi connectivity index (χ1) is 12.2. The number of alkyl carbamates (subject to hydrolysis) is 1. The molecule has 2 heterocycles. The maximum atomic E-state index is 12.9. The highest BCUT2D eigenvalue weighted by molar-refractivity contribution is 5.90. The summed E-state index contributed by atoms with van der Waals surface area (Å²) in [7, 11) is 0. The van der Waals surface area contributed by atoms with E-state index in [9.17, 15) is 19.5 Å². The first kappa shape index (κ1) is 19.7. The number of hydrogen-bond donors (Lipinski definition) is 2. The summed E-state index contributed by atoms with van der Waals surface area (Å²) in [5.41, 5.74) is -0.0899. The summed E-state index contributed by atoms with van der Waals surface area (Å²) in [5, 5.41) is 11.9. The maximum absolute atomic E-state index is 12.9. The van der Waals surface area contributed by atoms with E-state index in [2.05, 4.69) is 10.3 Å². The summed E-state index contributed by atoms with van der Waals surface area (Å²) in [5.74, 6) is -1.48. The van der Waals surface area contributed by atoms with Crippen molar-refractivity contribution in [1.82, 2.24) is 15.2 Å². The Morgan fingerprint density at radius 2 is 2.12 bits per heavy atom. The number of pyridine rings is 1. The Morgan fingerprint density at radius 1 is 1.38 bits per heavy atom. The number of amides is 2. The number of aliphatic carboxylic acids is 1. The number of nitrogens with one attached hydrogen (secondary N) is 1. The van der Waals surface area contributed by atoms with E-state index in [1.807, 2.05) is 0 Å². The van der Waals surface area contributed by atoms with Crippen molar-refractivity contribution >= 4 is 18.0 Å². The lowest BCUT2D eigenvalue weighted by atomic mass is 10.1. The predicted molar refractivity (Wildman–Crippen MR) is 93.5 cm³/mol. The third kappa shape index (κ3) is 5.44. The van der Waals surface area contributed by atoms with Crippen LogP contribution in [-0.2, 0) is 20.7 Å². The Kier molecular flexibility index (Phi) is 6.18. The highest BCUT2D eigenvalue weighted by Gasteiger charge is 2.38. The quantitative estimate of drug-likeness (QED) is 0.822. The zero-order valence-electron chi connectivity index (χ0n) is 15.3. The fraction of sp³-hybridized carbons (Fsp3) is 0.556. The molecule has 1 saturated heterocycles. The second-order valence-electron chi connectivity index (χ2n) is 7.25. The van der Waals surface area contributed by atoms with Gasteiger partial charge in [0, 0.05) is 24.9 Å². The topological polar surface area (TPSA) is 109 Å². The molecule has 8 heteroatoms. The molecule has 1 aromatic rings. The van der Waals surface area contributed by atoms with E-state index in [1.165, 1.54) is 4.90 Å². The standard InChI is InChI=1S/C18H25N3O5/c1-18(2,3)26-17(25)20-13(11-12-7-4-5-9-19-12)15(22)21-10-6-8-14(21)16(23)24/h4-5,7,9,13-14H,6,8,10-11H2,1-3H3,(H,20,25)(H,23,24)/t13?,14-/m0/s1. The molecule has 2 N–H and O–H groups in total. The maximum Gasteiger partial charge on any atom is 0.408 e. The number of likely N-dealkylation sites (tertiary alicyclic amines) is 1. The fourth-order valence-electron chi connectivity index (χ4n) is 2.87. The third-order valence-electron chi connectivity index (χ3n) is 3.95. The summed E-state index contributed by atoms with van der Waals surface area (Å²) in [4.78, 5) is 42.0. The van der Waals surface area contributed by atoms with Crippen LogP contribution in [0.1, 0.15) is 39.3 Å². The van der Waals surface area contributed by atoms with Crippen LogP contribution in [0, 0.1) is 0 Å². The van der Waals surface area contributed by atoms with Crippen molar-refractivity contribution in [2.75, 3.05) is 6.54 Å². The number of carboxylic acid groups (broad SMARTS) is 1. The van der Waals surface area contributed by atoms with Gasteiger partial charge in [0.15, 0.2) is 0 Å².